The SMILES string of the molecule is O=C(COc1cc(Cl)ccc1Cl)N(Cc1ccccn1)c1ccccc1O. The minimum absolute atomic E-state index is 0.0115. The van der Waals surface area contributed by atoms with E-state index in [0.29, 0.717) is 27.2 Å². The highest BCUT2D eigenvalue weighted by molar-refractivity contribution is 6.34. The van der Waals surface area contributed by atoms with E-state index in [1.54, 1.807) is 54.7 Å². The zero-order valence-electron chi connectivity index (χ0n) is 14.2. The third-order valence-corrected chi connectivity index (χ3v) is 4.31. The number of aromatic nitrogens is 1. The second kappa shape index (κ2) is 8.75. The summed E-state index contributed by atoms with van der Waals surface area (Å²) >= 11 is 12.0. The van der Waals surface area contributed by atoms with Crippen molar-refractivity contribution in [2.24, 2.45) is 0 Å². The Morgan fingerprint density at radius 1 is 1.07 bits per heavy atom. The van der Waals surface area contributed by atoms with Gasteiger partial charge in [-0.1, -0.05) is 41.4 Å². The van der Waals surface area contributed by atoms with Gasteiger partial charge in [0, 0.05) is 17.3 Å². The van der Waals surface area contributed by atoms with Crippen molar-refractivity contribution in [3.05, 3.63) is 82.6 Å². The average Bonchev–Trinajstić information content (AvgIpc) is 2.68. The number of rotatable bonds is 6. The summed E-state index contributed by atoms with van der Waals surface area (Å²) in [5.41, 5.74) is 1.05. The molecule has 0 saturated carbocycles. The number of anilines is 1. The molecule has 0 spiro atoms. The maximum atomic E-state index is 12.9. The van der Waals surface area contributed by atoms with Crippen LogP contribution in [0.15, 0.2) is 66.9 Å². The van der Waals surface area contributed by atoms with Gasteiger partial charge in [-0.2, -0.15) is 0 Å². The number of carbonyl (C=O) groups is 1. The summed E-state index contributed by atoms with van der Waals surface area (Å²) in [5.74, 6) is -0.0617. The van der Waals surface area contributed by atoms with Crippen molar-refractivity contribution in [1.29, 1.82) is 0 Å². The maximum Gasteiger partial charge on any atom is 0.265 e. The summed E-state index contributed by atoms with van der Waals surface area (Å²) in [4.78, 5) is 18.5. The normalized spacial score (nSPS) is 10.4. The second-order valence-corrected chi connectivity index (χ2v) is 6.50. The van der Waals surface area contributed by atoms with E-state index in [2.05, 4.69) is 4.98 Å². The highest BCUT2D eigenvalue weighted by Gasteiger charge is 2.20. The Labute approximate surface area is 166 Å². The molecule has 0 bridgehead atoms. The number of amides is 1. The quantitative estimate of drug-likeness (QED) is 0.648. The highest BCUT2D eigenvalue weighted by atomic mass is 35.5. The summed E-state index contributed by atoms with van der Waals surface area (Å²) < 4.78 is 5.55. The fourth-order valence-corrected chi connectivity index (χ4v) is 2.79. The lowest BCUT2D eigenvalue weighted by Gasteiger charge is -2.23. The largest absolute Gasteiger partial charge is 0.506 e. The van der Waals surface area contributed by atoms with Gasteiger partial charge in [0.15, 0.2) is 6.61 Å². The summed E-state index contributed by atoms with van der Waals surface area (Å²) in [6.45, 7) is -0.0921. The third-order valence-electron chi connectivity index (χ3n) is 3.76. The van der Waals surface area contributed by atoms with Gasteiger partial charge in [-0.25, -0.2) is 0 Å². The van der Waals surface area contributed by atoms with Crippen LogP contribution in [0.3, 0.4) is 0 Å². The zero-order valence-corrected chi connectivity index (χ0v) is 15.7. The van der Waals surface area contributed by atoms with Gasteiger partial charge >= 0.3 is 0 Å². The molecule has 1 amide bonds. The Bertz CT molecular complexity index is 936. The molecular formula is C20H16Cl2N2O3. The van der Waals surface area contributed by atoms with Gasteiger partial charge in [-0.15, -0.1) is 0 Å². The zero-order chi connectivity index (χ0) is 19.2. The molecule has 3 aromatic rings. The molecule has 5 nitrogen and oxygen atoms in total. The molecule has 0 aliphatic heterocycles. The van der Waals surface area contributed by atoms with E-state index in [0.717, 1.165) is 0 Å². The lowest BCUT2D eigenvalue weighted by Crippen LogP contribution is -2.34. The maximum absolute atomic E-state index is 12.9. The van der Waals surface area contributed by atoms with Crippen molar-refractivity contribution in [3.8, 4) is 11.5 Å². The van der Waals surface area contributed by atoms with Crippen LogP contribution in [-0.4, -0.2) is 22.6 Å². The lowest BCUT2D eigenvalue weighted by atomic mass is 10.2. The van der Waals surface area contributed by atoms with Crippen LogP contribution in [0.5, 0.6) is 11.5 Å². The molecule has 1 aromatic heterocycles. The van der Waals surface area contributed by atoms with Gasteiger partial charge in [-0.3, -0.25) is 14.7 Å². The number of para-hydroxylation sites is 2. The number of ether oxygens (including phenoxy) is 1. The monoisotopic (exact) mass is 402 g/mol. The number of phenolic OH excluding ortho intramolecular Hbond substituents is 1. The number of pyridine rings is 1. The summed E-state index contributed by atoms with van der Waals surface area (Å²) in [5, 5.41) is 11.0. The molecular weight excluding hydrogens is 387 g/mol. The van der Waals surface area contributed by atoms with Crippen LogP contribution in [0.2, 0.25) is 10.0 Å². The van der Waals surface area contributed by atoms with E-state index in [4.69, 9.17) is 27.9 Å². The first-order valence-corrected chi connectivity index (χ1v) is 8.86. The van der Waals surface area contributed by atoms with Crippen molar-refractivity contribution in [3.63, 3.8) is 0 Å². The summed E-state index contributed by atoms with van der Waals surface area (Å²) in [6, 6.07) is 16.8. The average molecular weight is 403 g/mol. The molecule has 0 fully saturated rings. The first-order chi connectivity index (χ1) is 13.0. The van der Waals surface area contributed by atoms with Crippen molar-refractivity contribution in [1.82, 2.24) is 4.98 Å². The third kappa shape index (κ3) is 4.90. The molecule has 27 heavy (non-hydrogen) atoms. The minimum Gasteiger partial charge on any atom is -0.506 e. The van der Waals surface area contributed by atoms with E-state index < -0.39 is 0 Å². The number of hydrogen-bond donors (Lipinski definition) is 1. The predicted molar refractivity (Wildman–Crippen MR) is 105 cm³/mol. The van der Waals surface area contributed by atoms with Gasteiger partial charge < -0.3 is 9.84 Å². The van der Waals surface area contributed by atoms with Crippen molar-refractivity contribution in [2.45, 2.75) is 6.54 Å². The van der Waals surface area contributed by atoms with E-state index in [1.165, 1.54) is 11.0 Å². The number of hydrogen-bond acceptors (Lipinski definition) is 4. The number of carbonyl (C=O) groups excluding carboxylic acids is 1. The van der Waals surface area contributed by atoms with Crippen LogP contribution < -0.4 is 9.64 Å². The predicted octanol–water partition coefficient (Wildman–Crippen LogP) is 4.71. The number of nitrogens with zero attached hydrogens (tertiary/aromatic N) is 2. The molecule has 138 valence electrons. The molecule has 0 radical (unpaired) electrons. The van der Waals surface area contributed by atoms with Gasteiger partial charge in [0.2, 0.25) is 0 Å². The second-order valence-electron chi connectivity index (χ2n) is 5.65. The van der Waals surface area contributed by atoms with Crippen LogP contribution in [0, 0.1) is 0 Å². The highest BCUT2D eigenvalue weighted by Crippen LogP contribution is 2.30. The van der Waals surface area contributed by atoms with Gasteiger partial charge in [0.05, 0.1) is 22.9 Å². The molecule has 0 unspecified atom stereocenters. The molecule has 0 atom stereocenters. The topological polar surface area (TPSA) is 62.7 Å². The van der Waals surface area contributed by atoms with Gasteiger partial charge in [0.25, 0.3) is 5.91 Å². The molecule has 1 heterocycles. The number of phenols is 1. The Morgan fingerprint density at radius 2 is 1.85 bits per heavy atom. The standard InChI is InChI=1S/C20H16Cl2N2O3/c21-14-8-9-16(22)19(11-14)27-13-20(26)24(12-15-5-3-4-10-23-15)17-6-1-2-7-18(17)25/h1-11,25H,12-13H2. The van der Waals surface area contributed by atoms with Crippen molar-refractivity contribution < 1.29 is 14.6 Å². The fraction of sp³-hybridized carbons (Fsp3) is 0.100. The van der Waals surface area contributed by atoms with Crippen LogP contribution in [0.25, 0.3) is 0 Å². The molecule has 2 aromatic carbocycles. The molecule has 1 N–H and O–H groups in total. The molecule has 0 aliphatic rings. The fourth-order valence-electron chi connectivity index (χ4n) is 2.46. The minimum atomic E-state index is -0.363. The van der Waals surface area contributed by atoms with Crippen LogP contribution in [0.4, 0.5) is 5.69 Å². The Morgan fingerprint density at radius 3 is 2.59 bits per heavy atom. The molecule has 0 aliphatic carbocycles. The summed E-state index contributed by atoms with van der Waals surface area (Å²) in [6.07, 6.45) is 1.64. The van der Waals surface area contributed by atoms with Gasteiger partial charge in [-0.05, 0) is 36.4 Å². The molecule has 0 saturated heterocycles. The van der Waals surface area contributed by atoms with Gasteiger partial charge in [0.1, 0.15) is 11.5 Å². The number of benzene rings is 2. The van der Waals surface area contributed by atoms with Crippen molar-refractivity contribution in [2.75, 3.05) is 11.5 Å². The van der Waals surface area contributed by atoms with Crippen LogP contribution in [-0.2, 0) is 11.3 Å². The van der Waals surface area contributed by atoms with Crippen molar-refractivity contribution >= 4 is 34.8 Å². The van der Waals surface area contributed by atoms with E-state index >= 15 is 0 Å². The lowest BCUT2D eigenvalue weighted by molar-refractivity contribution is -0.120. The molecule has 3 rings (SSSR count). The smallest absolute Gasteiger partial charge is 0.265 e. The van der Waals surface area contributed by atoms with E-state index in [-0.39, 0.29) is 24.8 Å². The van der Waals surface area contributed by atoms with E-state index in [9.17, 15) is 9.90 Å². The molecule has 7 heteroatoms. The first-order valence-electron chi connectivity index (χ1n) is 8.10. The van der Waals surface area contributed by atoms with E-state index in [1.807, 2.05) is 6.07 Å². The van der Waals surface area contributed by atoms with Crippen LogP contribution in [0.1, 0.15) is 5.69 Å². The summed E-state index contributed by atoms with van der Waals surface area (Å²) in [7, 11) is 0. The van der Waals surface area contributed by atoms with Crippen LogP contribution >= 0.6 is 23.2 Å². The Balaban J connectivity index is 1.82. The first kappa shape index (κ1) is 19.0. The Kier molecular flexibility index (Phi) is 6.16. The Hall–Kier alpha value is -2.76. The number of aromatic hydroxyl groups is 1. The number of halogens is 2.